The number of aromatic nitrogens is 2. The number of benzene rings is 1. The maximum absolute atomic E-state index is 13.4. The number of rotatable bonds is 4. The van der Waals surface area contributed by atoms with Gasteiger partial charge in [-0.15, -0.1) is 0 Å². The zero-order valence-corrected chi connectivity index (χ0v) is 12.4. The van der Waals surface area contributed by atoms with Gasteiger partial charge in [0.25, 0.3) is 0 Å². The summed E-state index contributed by atoms with van der Waals surface area (Å²) in [6.45, 7) is 2.64. The van der Waals surface area contributed by atoms with E-state index in [9.17, 15) is 4.39 Å². The van der Waals surface area contributed by atoms with Crippen LogP contribution in [0.3, 0.4) is 0 Å². The lowest BCUT2D eigenvalue weighted by atomic mass is 10.3. The van der Waals surface area contributed by atoms with Crippen LogP contribution in [-0.2, 0) is 0 Å². The average molecular weight is 346 g/mol. The fourth-order valence-corrected chi connectivity index (χ4v) is 1.79. The molecule has 7 heteroatoms. The van der Waals surface area contributed by atoms with Crippen molar-refractivity contribution in [3.8, 4) is 0 Å². The molecule has 1 heterocycles. The SMILES string of the molecule is CCNc1ncc(Cl)c(Nc2ccc(Br)c(F)c2)n1. The van der Waals surface area contributed by atoms with Crippen LogP contribution in [0.4, 0.5) is 21.8 Å². The molecule has 2 aromatic rings. The molecule has 0 aliphatic carbocycles. The Balaban J connectivity index is 2.26. The number of halogens is 3. The molecule has 100 valence electrons. The lowest BCUT2D eigenvalue weighted by Crippen LogP contribution is -2.04. The topological polar surface area (TPSA) is 49.8 Å². The summed E-state index contributed by atoms with van der Waals surface area (Å²) < 4.78 is 13.8. The number of nitrogens with zero attached hydrogens (tertiary/aromatic N) is 2. The first kappa shape index (κ1) is 14.0. The van der Waals surface area contributed by atoms with Gasteiger partial charge in [-0.1, -0.05) is 11.6 Å². The van der Waals surface area contributed by atoms with Crippen LogP contribution in [0.15, 0.2) is 28.9 Å². The predicted molar refractivity (Wildman–Crippen MR) is 78.6 cm³/mol. The fourth-order valence-electron chi connectivity index (χ4n) is 1.41. The molecule has 4 nitrogen and oxygen atoms in total. The van der Waals surface area contributed by atoms with Crippen LogP contribution >= 0.6 is 27.5 Å². The highest BCUT2D eigenvalue weighted by Crippen LogP contribution is 2.26. The second-order valence-electron chi connectivity index (χ2n) is 3.67. The number of hydrogen-bond donors (Lipinski definition) is 2. The Bertz CT molecular complexity index is 594. The van der Waals surface area contributed by atoms with Crippen molar-refractivity contribution < 1.29 is 4.39 Å². The minimum absolute atomic E-state index is 0.359. The summed E-state index contributed by atoms with van der Waals surface area (Å²) in [5.41, 5.74) is 0.559. The Kier molecular flexibility index (Phi) is 4.55. The lowest BCUT2D eigenvalue weighted by Gasteiger charge is -2.09. The summed E-state index contributed by atoms with van der Waals surface area (Å²) in [5.74, 6) is 0.531. The molecular formula is C12H11BrClFN4. The van der Waals surface area contributed by atoms with Gasteiger partial charge in [0.05, 0.1) is 10.7 Å². The predicted octanol–water partition coefficient (Wildman–Crippen LogP) is 4.21. The second-order valence-corrected chi connectivity index (χ2v) is 4.94. The Labute approximate surface area is 123 Å². The van der Waals surface area contributed by atoms with Gasteiger partial charge in [-0.2, -0.15) is 4.98 Å². The highest BCUT2D eigenvalue weighted by molar-refractivity contribution is 9.10. The van der Waals surface area contributed by atoms with E-state index in [4.69, 9.17) is 11.6 Å². The highest BCUT2D eigenvalue weighted by Gasteiger charge is 2.07. The normalized spacial score (nSPS) is 10.3. The monoisotopic (exact) mass is 344 g/mol. The van der Waals surface area contributed by atoms with E-state index < -0.39 is 0 Å². The van der Waals surface area contributed by atoms with Crippen molar-refractivity contribution in [3.63, 3.8) is 0 Å². The molecule has 0 radical (unpaired) electrons. The Hall–Kier alpha value is -1.40. The summed E-state index contributed by atoms with van der Waals surface area (Å²) in [4.78, 5) is 8.24. The van der Waals surface area contributed by atoms with E-state index in [1.54, 1.807) is 12.1 Å². The van der Waals surface area contributed by atoms with Crippen molar-refractivity contribution in [2.75, 3.05) is 17.2 Å². The molecule has 0 amide bonds. The Morgan fingerprint density at radius 3 is 2.89 bits per heavy atom. The lowest BCUT2D eigenvalue weighted by molar-refractivity contribution is 0.622. The van der Waals surface area contributed by atoms with Gasteiger partial charge in [0, 0.05) is 12.2 Å². The van der Waals surface area contributed by atoms with Gasteiger partial charge in [0.1, 0.15) is 10.8 Å². The summed E-state index contributed by atoms with van der Waals surface area (Å²) in [6.07, 6.45) is 1.49. The zero-order chi connectivity index (χ0) is 13.8. The fraction of sp³-hybridized carbons (Fsp3) is 0.167. The van der Waals surface area contributed by atoms with Crippen LogP contribution < -0.4 is 10.6 Å². The molecule has 0 spiro atoms. The van der Waals surface area contributed by atoms with Crippen molar-refractivity contribution in [1.82, 2.24) is 9.97 Å². The maximum Gasteiger partial charge on any atom is 0.224 e. The van der Waals surface area contributed by atoms with Gasteiger partial charge >= 0.3 is 0 Å². The smallest absolute Gasteiger partial charge is 0.224 e. The minimum atomic E-state index is -0.359. The Morgan fingerprint density at radius 1 is 1.42 bits per heavy atom. The van der Waals surface area contributed by atoms with Gasteiger partial charge < -0.3 is 10.6 Å². The highest BCUT2D eigenvalue weighted by atomic mass is 79.9. The molecule has 0 aliphatic heterocycles. The molecule has 0 saturated heterocycles. The number of hydrogen-bond acceptors (Lipinski definition) is 4. The number of anilines is 3. The molecule has 19 heavy (non-hydrogen) atoms. The number of nitrogens with one attached hydrogen (secondary N) is 2. The van der Waals surface area contributed by atoms with Crippen molar-refractivity contribution in [2.24, 2.45) is 0 Å². The van der Waals surface area contributed by atoms with Crippen LogP contribution in [0, 0.1) is 5.82 Å². The standard InChI is InChI=1S/C12H11BrClFN4/c1-2-16-12-17-6-9(14)11(19-12)18-7-3-4-8(13)10(15)5-7/h3-6H,2H2,1H3,(H2,16,17,18,19). The minimum Gasteiger partial charge on any atom is -0.354 e. The van der Waals surface area contributed by atoms with Crippen LogP contribution in [0.25, 0.3) is 0 Å². The molecule has 0 bridgehead atoms. The van der Waals surface area contributed by atoms with Gasteiger partial charge in [-0.05, 0) is 41.1 Å². The third kappa shape index (κ3) is 3.54. The van der Waals surface area contributed by atoms with Crippen LogP contribution in [0.2, 0.25) is 5.02 Å². The van der Waals surface area contributed by atoms with Crippen molar-refractivity contribution in [1.29, 1.82) is 0 Å². The van der Waals surface area contributed by atoms with Crippen molar-refractivity contribution in [3.05, 3.63) is 39.7 Å². The molecule has 2 rings (SSSR count). The average Bonchev–Trinajstić information content (AvgIpc) is 2.38. The molecule has 1 aromatic heterocycles. The third-order valence-electron chi connectivity index (χ3n) is 2.26. The molecule has 0 aliphatic rings. The summed E-state index contributed by atoms with van der Waals surface area (Å²) in [5, 5.41) is 6.30. The molecule has 2 N–H and O–H groups in total. The molecular weight excluding hydrogens is 335 g/mol. The van der Waals surface area contributed by atoms with E-state index >= 15 is 0 Å². The zero-order valence-electron chi connectivity index (χ0n) is 10.0. The van der Waals surface area contributed by atoms with Crippen LogP contribution in [0.1, 0.15) is 6.92 Å². The largest absolute Gasteiger partial charge is 0.354 e. The van der Waals surface area contributed by atoms with Crippen molar-refractivity contribution in [2.45, 2.75) is 6.92 Å². The first-order valence-corrected chi connectivity index (χ1v) is 6.75. The molecule has 0 atom stereocenters. The van der Waals surface area contributed by atoms with Gasteiger partial charge in [-0.3, -0.25) is 0 Å². The Morgan fingerprint density at radius 2 is 2.21 bits per heavy atom. The first-order chi connectivity index (χ1) is 9.10. The van der Waals surface area contributed by atoms with E-state index in [1.807, 2.05) is 6.92 Å². The van der Waals surface area contributed by atoms with Gasteiger partial charge in [-0.25, -0.2) is 9.37 Å². The van der Waals surface area contributed by atoms with Gasteiger partial charge in [0.15, 0.2) is 5.82 Å². The van der Waals surface area contributed by atoms with Gasteiger partial charge in [0.2, 0.25) is 5.95 Å². The summed E-state index contributed by atoms with van der Waals surface area (Å²) in [6, 6.07) is 4.69. The van der Waals surface area contributed by atoms with Crippen LogP contribution in [-0.4, -0.2) is 16.5 Å². The molecule has 0 saturated carbocycles. The first-order valence-electron chi connectivity index (χ1n) is 5.58. The van der Waals surface area contributed by atoms with E-state index in [-0.39, 0.29) is 5.82 Å². The quantitative estimate of drug-likeness (QED) is 0.871. The molecule has 0 unspecified atom stereocenters. The van der Waals surface area contributed by atoms with E-state index in [1.165, 1.54) is 12.3 Å². The van der Waals surface area contributed by atoms with E-state index in [0.717, 1.165) is 0 Å². The van der Waals surface area contributed by atoms with E-state index in [2.05, 4.69) is 36.5 Å². The summed E-state index contributed by atoms with van der Waals surface area (Å²) >= 11 is 9.10. The van der Waals surface area contributed by atoms with Crippen molar-refractivity contribution >= 4 is 45.0 Å². The summed E-state index contributed by atoms with van der Waals surface area (Å²) in [7, 11) is 0. The molecule has 0 fully saturated rings. The molecule has 1 aromatic carbocycles. The second kappa shape index (κ2) is 6.16. The van der Waals surface area contributed by atoms with Crippen LogP contribution in [0.5, 0.6) is 0 Å². The van der Waals surface area contributed by atoms with E-state index in [0.29, 0.717) is 33.5 Å². The maximum atomic E-state index is 13.4. The third-order valence-corrected chi connectivity index (χ3v) is 3.18.